The number of aliphatic imine (C=N–C) groups is 1. The van der Waals surface area contributed by atoms with E-state index in [1.54, 1.807) is 14.2 Å². The molecule has 4 heteroatoms. The third-order valence-electron chi connectivity index (χ3n) is 2.39. The molecule has 4 nitrogen and oxygen atoms in total. The average Bonchev–Trinajstić information content (AvgIpc) is 2.74. The van der Waals surface area contributed by atoms with Crippen LogP contribution in [0.3, 0.4) is 0 Å². The maximum atomic E-state index is 5.76. The SMILES string of the molecule is CN=C(N)c1cc(OC)c2cc[nH]c2c1. The zero-order chi connectivity index (χ0) is 10.8. The molecule has 0 aliphatic rings. The van der Waals surface area contributed by atoms with Crippen LogP contribution in [0.25, 0.3) is 10.9 Å². The second-order valence-electron chi connectivity index (χ2n) is 3.23. The van der Waals surface area contributed by atoms with E-state index in [-0.39, 0.29) is 0 Å². The van der Waals surface area contributed by atoms with Crippen molar-refractivity contribution in [2.24, 2.45) is 10.7 Å². The third kappa shape index (κ3) is 1.54. The van der Waals surface area contributed by atoms with Gasteiger partial charge in [0.15, 0.2) is 0 Å². The molecule has 0 saturated carbocycles. The number of H-pyrrole nitrogens is 1. The van der Waals surface area contributed by atoms with Gasteiger partial charge in [-0.1, -0.05) is 0 Å². The summed E-state index contributed by atoms with van der Waals surface area (Å²) in [4.78, 5) is 7.07. The number of aromatic nitrogens is 1. The monoisotopic (exact) mass is 203 g/mol. The summed E-state index contributed by atoms with van der Waals surface area (Å²) in [7, 11) is 3.31. The van der Waals surface area contributed by atoms with E-state index in [2.05, 4.69) is 9.98 Å². The summed E-state index contributed by atoms with van der Waals surface area (Å²) in [6, 6.07) is 5.82. The fourth-order valence-electron chi connectivity index (χ4n) is 1.58. The Bertz CT molecular complexity index is 514. The van der Waals surface area contributed by atoms with Crippen molar-refractivity contribution in [1.82, 2.24) is 4.98 Å². The summed E-state index contributed by atoms with van der Waals surface area (Å²) >= 11 is 0. The number of nitrogens with two attached hydrogens (primary N) is 1. The van der Waals surface area contributed by atoms with Crippen LogP contribution in [0.5, 0.6) is 5.75 Å². The molecule has 1 heterocycles. The highest BCUT2D eigenvalue weighted by Gasteiger charge is 2.07. The minimum atomic E-state index is 0.504. The van der Waals surface area contributed by atoms with Gasteiger partial charge in [-0.15, -0.1) is 0 Å². The number of rotatable bonds is 2. The number of hydrogen-bond donors (Lipinski definition) is 2. The lowest BCUT2D eigenvalue weighted by molar-refractivity contribution is 0.420. The summed E-state index contributed by atoms with van der Waals surface area (Å²) in [5, 5.41) is 1.05. The molecule has 0 saturated heterocycles. The van der Waals surface area contributed by atoms with Crippen LogP contribution >= 0.6 is 0 Å². The Balaban J connectivity index is 2.69. The standard InChI is InChI=1S/C11H13N3O/c1-13-11(12)7-5-9-8(3-4-14-9)10(6-7)15-2/h3-6,14H,1-2H3,(H2,12,13). The minimum Gasteiger partial charge on any atom is -0.496 e. The average molecular weight is 203 g/mol. The topological polar surface area (TPSA) is 63.4 Å². The van der Waals surface area contributed by atoms with Crippen molar-refractivity contribution in [2.75, 3.05) is 14.2 Å². The summed E-state index contributed by atoms with van der Waals surface area (Å²) in [6.45, 7) is 0. The number of nitrogens with one attached hydrogen (secondary N) is 1. The summed E-state index contributed by atoms with van der Waals surface area (Å²) in [6.07, 6.45) is 1.87. The molecule has 0 bridgehead atoms. The van der Waals surface area contributed by atoms with Gasteiger partial charge in [0.2, 0.25) is 0 Å². The van der Waals surface area contributed by atoms with E-state index in [1.807, 2.05) is 24.4 Å². The van der Waals surface area contributed by atoms with Crippen molar-refractivity contribution in [3.05, 3.63) is 30.0 Å². The Kier molecular flexibility index (Phi) is 2.33. The molecular formula is C11H13N3O. The highest BCUT2D eigenvalue weighted by molar-refractivity contribution is 6.02. The fourth-order valence-corrected chi connectivity index (χ4v) is 1.58. The Morgan fingerprint density at radius 1 is 1.47 bits per heavy atom. The van der Waals surface area contributed by atoms with Gasteiger partial charge in [-0.05, 0) is 18.2 Å². The highest BCUT2D eigenvalue weighted by atomic mass is 16.5. The van der Waals surface area contributed by atoms with Gasteiger partial charge in [-0.25, -0.2) is 0 Å². The summed E-state index contributed by atoms with van der Waals surface area (Å²) in [5.74, 6) is 1.31. The zero-order valence-corrected chi connectivity index (χ0v) is 8.74. The van der Waals surface area contributed by atoms with Crippen LogP contribution in [-0.4, -0.2) is 25.0 Å². The van der Waals surface area contributed by atoms with Gasteiger partial charge < -0.3 is 15.5 Å². The molecule has 2 aromatic rings. The molecule has 0 aliphatic heterocycles. The molecule has 0 amide bonds. The maximum Gasteiger partial charge on any atom is 0.128 e. The minimum absolute atomic E-state index is 0.504. The predicted molar refractivity (Wildman–Crippen MR) is 61.5 cm³/mol. The molecule has 2 rings (SSSR count). The smallest absolute Gasteiger partial charge is 0.128 e. The van der Waals surface area contributed by atoms with E-state index in [1.165, 1.54) is 0 Å². The number of ether oxygens (including phenoxy) is 1. The third-order valence-corrected chi connectivity index (χ3v) is 2.39. The number of benzene rings is 1. The first kappa shape index (κ1) is 9.58. The van der Waals surface area contributed by atoms with Gasteiger partial charge in [0.1, 0.15) is 11.6 Å². The molecule has 3 N–H and O–H groups in total. The van der Waals surface area contributed by atoms with Gasteiger partial charge in [-0.2, -0.15) is 0 Å². The lowest BCUT2D eigenvalue weighted by atomic mass is 10.1. The second kappa shape index (κ2) is 3.65. The van der Waals surface area contributed by atoms with Crippen LogP contribution in [-0.2, 0) is 0 Å². The number of fused-ring (bicyclic) bond motifs is 1. The highest BCUT2D eigenvalue weighted by Crippen LogP contribution is 2.26. The molecule has 0 spiro atoms. The van der Waals surface area contributed by atoms with Crippen LogP contribution in [0.15, 0.2) is 29.4 Å². The van der Waals surface area contributed by atoms with Crippen molar-refractivity contribution in [3.8, 4) is 5.75 Å². The Hall–Kier alpha value is -1.97. The van der Waals surface area contributed by atoms with Crippen molar-refractivity contribution in [3.63, 3.8) is 0 Å². The van der Waals surface area contributed by atoms with E-state index in [4.69, 9.17) is 10.5 Å². The first-order chi connectivity index (χ1) is 7.26. The molecule has 0 aliphatic carbocycles. The fraction of sp³-hybridized carbons (Fsp3) is 0.182. The van der Waals surface area contributed by atoms with Gasteiger partial charge in [0.25, 0.3) is 0 Å². The van der Waals surface area contributed by atoms with Crippen LogP contribution in [0.2, 0.25) is 0 Å². The zero-order valence-electron chi connectivity index (χ0n) is 8.74. The molecule has 1 aromatic carbocycles. The predicted octanol–water partition coefficient (Wildman–Crippen LogP) is 1.51. The molecule has 0 atom stereocenters. The number of hydrogen-bond acceptors (Lipinski definition) is 2. The lowest BCUT2D eigenvalue weighted by Gasteiger charge is -2.05. The largest absolute Gasteiger partial charge is 0.496 e. The molecule has 0 fully saturated rings. The first-order valence-electron chi connectivity index (χ1n) is 4.64. The van der Waals surface area contributed by atoms with Crippen molar-refractivity contribution in [1.29, 1.82) is 0 Å². The van der Waals surface area contributed by atoms with Crippen LogP contribution in [0.4, 0.5) is 0 Å². The quantitative estimate of drug-likeness (QED) is 0.574. The van der Waals surface area contributed by atoms with Crippen LogP contribution in [0, 0.1) is 0 Å². The number of nitrogens with zero attached hydrogens (tertiary/aromatic N) is 1. The molecule has 0 radical (unpaired) electrons. The Labute approximate surface area is 87.8 Å². The number of aromatic amines is 1. The summed E-state index contributed by atoms with van der Waals surface area (Å²) in [5.41, 5.74) is 7.62. The van der Waals surface area contributed by atoms with E-state index in [9.17, 15) is 0 Å². The van der Waals surface area contributed by atoms with E-state index >= 15 is 0 Å². The van der Waals surface area contributed by atoms with Gasteiger partial charge >= 0.3 is 0 Å². The molecule has 1 aromatic heterocycles. The van der Waals surface area contributed by atoms with Crippen LogP contribution < -0.4 is 10.5 Å². The normalized spacial score (nSPS) is 12.0. The van der Waals surface area contributed by atoms with E-state index in [0.29, 0.717) is 5.84 Å². The maximum absolute atomic E-state index is 5.76. The van der Waals surface area contributed by atoms with E-state index < -0.39 is 0 Å². The molecule has 78 valence electrons. The molecule has 0 unspecified atom stereocenters. The van der Waals surface area contributed by atoms with Crippen molar-refractivity contribution >= 4 is 16.7 Å². The number of amidine groups is 1. The Morgan fingerprint density at radius 2 is 2.27 bits per heavy atom. The van der Waals surface area contributed by atoms with Crippen LogP contribution in [0.1, 0.15) is 5.56 Å². The lowest BCUT2D eigenvalue weighted by Crippen LogP contribution is -2.12. The van der Waals surface area contributed by atoms with E-state index in [0.717, 1.165) is 22.2 Å². The number of methoxy groups -OCH3 is 1. The van der Waals surface area contributed by atoms with Crippen molar-refractivity contribution < 1.29 is 4.74 Å². The van der Waals surface area contributed by atoms with Gasteiger partial charge in [-0.3, -0.25) is 4.99 Å². The Morgan fingerprint density at radius 3 is 2.93 bits per heavy atom. The summed E-state index contributed by atoms with van der Waals surface area (Å²) < 4.78 is 5.29. The first-order valence-corrected chi connectivity index (χ1v) is 4.64. The van der Waals surface area contributed by atoms with Gasteiger partial charge in [0.05, 0.1) is 7.11 Å². The molecular weight excluding hydrogens is 190 g/mol. The van der Waals surface area contributed by atoms with Gasteiger partial charge in [0, 0.05) is 29.7 Å². The molecule has 15 heavy (non-hydrogen) atoms. The second-order valence-corrected chi connectivity index (χ2v) is 3.23. The van der Waals surface area contributed by atoms with Crippen molar-refractivity contribution in [2.45, 2.75) is 0 Å².